The number of nitrogen functional groups attached to an aromatic ring is 1. The van der Waals surface area contributed by atoms with Gasteiger partial charge in [-0.1, -0.05) is 6.07 Å². The lowest BCUT2D eigenvalue weighted by atomic mass is 9.94. The Kier molecular flexibility index (Phi) is 8.08. The molecule has 0 unspecified atom stereocenters. The maximum atomic E-state index is 11.1. The molecule has 0 amide bonds. The number of anilines is 1. The molecular formula is C11H18Cl2N2O5S. The summed E-state index contributed by atoms with van der Waals surface area (Å²) in [7, 11) is -3.70. The third-order valence-electron chi connectivity index (χ3n) is 2.38. The van der Waals surface area contributed by atoms with Crippen molar-refractivity contribution in [1.29, 1.82) is 0 Å². The summed E-state index contributed by atoms with van der Waals surface area (Å²) in [4.78, 5) is 10.9. The molecule has 0 saturated heterocycles. The number of halogens is 2. The van der Waals surface area contributed by atoms with Gasteiger partial charge in [0.15, 0.2) is 5.75 Å². The predicted octanol–water partition coefficient (Wildman–Crippen LogP) is 0.795. The lowest BCUT2D eigenvalue weighted by Crippen LogP contribution is -2.46. The van der Waals surface area contributed by atoms with Gasteiger partial charge in [0, 0.05) is 6.42 Å². The van der Waals surface area contributed by atoms with Gasteiger partial charge in [0.1, 0.15) is 5.54 Å². The molecule has 0 bridgehead atoms. The van der Waals surface area contributed by atoms with Crippen molar-refractivity contribution in [2.24, 2.45) is 5.73 Å². The van der Waals surface area contributed by atoms with E-state index in [9.17, 15) is 13.2 Å². The topological polar surface area (TPSA) is 133 Å². The number of carbonyl (C=O) groups is 1. The highest BCUT2D eigenvalue weighted by molar-refractivity contribution is 7.86. The van der Waals surface area contributed by atoms with Crippen molar-refractivity contribution in [2.75, 3.05) is 12.0 Å². The van der Waals surface area contributed by atoms with Crippen LogP contribution in [0, 0.1) is 0 Å². The summed E-state index contributed by atoms with van der Waals surface area (Å²) in [5, 5.41) is 8.94. The molecule has 7 nitrogen and oxygen atoms in total. The number of hydrogen-bond acceptors (Lipinski definition) is 6. The van der Waals surface area contributed by atoms with Crippen LogP contribution >= 0.6 is 24.8 Å². The van der Waals surface area contributed by atoms with E-state index in [1.165, 1.54) is 19.1 Å². The van der Waals surface area contributed by atoms with Gasteiger partial charge in [0.05, 0.1) is 11.9 Å². The van der Waals surface area contributed by atoms with Gasteiger partial charge in [0.25, 0.3) is 0 Å². The zero-order valence-corrected chi connectivity index (χ0v) is 13.8. The maximum absolute atomic E-state index is 11.1. The largest absolute Gasteiger partial charge is 0.480 e. The van der Waals surface area contributed by atoms with Crippen molar-refractivity contribution in [3.05, 3.63) is 23.8 Å². The molecule has 0 aliphatic heterocycles. The lowest BCUT2D eigenvalue weighted by molar-refractivity contribution is -0.142. The van der Waals surface area contributed by atoms with Gasteiger partial charge in [-0.25, -0.2) is 0 Å². The Balaban J connectivity index is 0. The molecule has 1 aromatic carbocycles. The molecule has 0 heterocycles. The van der Waals surface area contributed by atoms with Gasteiger partial charge < -0.3 is 20.8 Å². The molecule has 0 radical (unpaired) electrons. The van der Waals surface area contributed by atoms with Crippen molar-refractivity contribution >= 4 is 46.6 Å². The molecule has 10 heteroatoms. The minimum Gasteiger partial charge on any atom is -0.480 e. The highest BCUT2D eigenvalue weighted by Gasteiger charge is 2.28. The van der Waals surface area contributed by atoms with Crippen LogP contribution in [0.1, 0.15) is 12.5 Å². The molecule has 122 valence electrons. The summed E-state index contributed by atoms with van der Waals surface area (Å²) in [6, 6.07) is 4.37. The van der Waals surface area contributed by atoms with Crippen molar-refractivity contribution in [3.8, 4) is 5.75 Å². The molecule has 0 saturated carbocycles. The van der Waals surface area contributed by atoms with Gasteiger partial charge in [-0.05, 0) is 24.6 Å². The van der Waals surface area contributed by atoms with Crippen LogP contribution in [0.15, 0.2) is 18.2 Å². The normalized spacial score (nSPS) is 13.3. The van der Waals surface area contributed by atoms with Gasteiger partial charge in [-0.2, -0.15) is 8.42 Å². The van der Waals surface area contributed by atoms with Gasteiger partial charge in [-0.3, -0.25) is 4.79 Å². The third kappa shape index (κ3) is 6.85. The molecule has 1 rings (SSSR count). The van der Waals surface area contributed by atoms with Crippen LogP contribution in [0.5, 0.6) is 5.75 Å². The molecule has 0 fully saturated rings. The van der Waals surface area contributed by atoms with E-state index >= 15 is 0 Å². The number of hydrogen-bond donors (Lipinski definition) is 3. The fraction of sp³-hybridized carbons (Fsp3) is 0.364. The molecule has 1 aromatic rings. The Morgan fingerprint density at radius 2 is 1.90 bits per heavy atom. The fourth-order valence-electron chi connectivity index (χ4n) is 1.42. The van der Waals surface area contributed by atoms with Crippen LogP contribution in [0.2, 0.25) is 0 Å². The van der Waals surface area contributed by atoms with Crippen LogP contribution in [-0.4, -0.2) is 31.3 Å². The highest BCUT2D eigenvalue weighted by atomic mass is 35.5. The summed E-state index contributed by atoms with van der Waals surface area (Å²) in [5.41, 5.74) is 10.4. The fourth-order valence-corrected chi connectivity index (χ4v) is 1.89. The van der Waals surface area contributed by atoms with Crippen molar-refractivity contribution < 1.29 is 22.5 Å². The predicted molar refractivity (Wildman–Crippen MR) is 84.8 cm³/mol. The molecular weight excluding hydrogens is 343 g/mol. The average molecular weight is 361 g/mol. The molecule has 0 aliphatic rings. The Morgan fingerprint density at radius 1 is 1.38 bits per heavy atom. The highest BCUT2D eigenvalue weighted by Crippen LogP contribution is 2.25. The second-order valence-electron chi connectivity index (χ2n) is 4.56. The monoisotopic (exact) mass is 360 g/mol. The first-order chi connectivity index (χ1) is 8.51. The van der Waals surface area contributed by atoms with Crippen LogP contribution in [0.4, 0.5) is 5.69 Å². The summed E-state index contributed by atoms with van der Waals surface area (Å²) in [6.07, 6.45) is 0.909. The van der Waals surface area contributed by atoms with Gasteiger partial charge >= 0.3 is 16.1 Å². The minimum atomic E-state index is -3.70. The first-order valence-electron chi connectivity index (χ1n) is 5.31. The minimum absolute atomic E-state index is 0. The van der Waals surface area contributed by atoms with E-state index in [2.05, 4.69) is 0 Å². The van der Waals surface area contributed by atoms with Gasteiger partial charge in [-0.15, -0.1) is 24.8 Å². The number of aliphatic carboxylic acids is 1. The number of carboxylic acids is 1. The van der Waals surface area contributed by atoms with E-state index < -0.39 is 21.6 Å². The lowest BCUT2D eigenvalue weighted by Gasteiger charge is -2.19. The Labute approximate surface area is 135 Å². The van der Waals surface area contributed by atoms with Crippen molar-refractivity contribution in [1.82, 2.24) is 0 Å². The summed E-state index contributed by atoms with van der Waals surface area (Å²) in [6.45, 7) is 1.36. The second kappa shape index (κ2) is 7.69. The van der Waals surface area contributed by atoms with Crippen molar-refractivity contribution in [2.45, 2.75) is 18.9 Å². The second-order valence-corrected chi connectivity index (χ2v) is 6.13. The molecule has 0 aliphatic carbocycles. The van der Waals surface area contributed by atoms with E-state index in [0.717, 1.165) is 6.26 Å². The van der Waals surface area contributed by atoms with Crippen LogP contribution in [-0.2, 0) is 21.3 Å². The Bertz CT molecular complexity index is 605. The molecule has 1 atom stereocenters. The van der Waals surface area contributed by atoms with Crippen LogP contribution in [0.3, 0.4) is 0 Å². The third-order valence-corrected chi connectivity index (χ3v) is 2.86. The first kappa shape index (κ1) is 22.1. The number of carboxylic acid groups (broad SMARTS) is 1. The first-order valence-corrected chi connectivity index (χ1v) is 7.13. The smallest absolute Gasteiger partial charge is 0.323 e. The van der Waals surface area contributed by atoms with E-state index in [1.54, 1.807) is 6.07 Å². The Morgan fingerprint density at radius 3 is 2.33 bits per heavy atom. The zero-order chi connectivity index (χ0) is 14.8. The van der Waals surface area contributed by atoms with E-state index in [1.807, 2.05) is 0 Å². The maximum Gasteiger partial charge on any atom is 0.323 e. The average Bonchev–Trinajstić information content (AvgIpc) is 2.20. The Hall–Kier alpha value is -1.22. The number of rotatable bonds is 5. The van der Waals surface area contributed by atoms with E-state index in [-0.39, 0.29) is 42.7 Å². The number of nitrogens with two attached hydrogens (primary N) is 2. The van der Waals surface area contributed by atoms with Crippen LogP contribution in [0.25, 0.3) is 0 Å². The summed E-state index contributed by atoms with van der Waals surface area (Å²) in [5.74, 6) is -1.20. The van der Waals surface area contributed by atoms with Crippen LogP contribution < -0.4 is 15.7 Å². The molecule has 0 spiro atoms. The van der Waals surface area contributed by atoms with E-state index in [0.29, 0.717) is 5.56 Å². The molecule has 0 aromatic heterocycles. The molecule has 5 N–H and O–H groups in total. The zero-order valence-electron chi connectivity index (χ0n) is 11.4. The van der Waals surface area contributed by atoms with Crippen molar-refractivity contribution in [3.63, 3.8) is 0 Å². The summed E-state index contributed by atoms with van der Waals surface area (Å²) >= 11 is 0. The van der Waals surface area contributed by atoms with E-state index in [4.69, 9.17) is 20.8 Å². The quantitative estimate of drug-likeness (QED) is 0.522. The molecule has 21 heavy (non-hydrogen) atoms. The summed E-state index contributed by atoms with van der Waals surface area (Å²) < 4.78 is 26.8. The number of benzene rings is 1. The standard InChI is InChI=1S/C11H16N2O5S.2ClH/c1-11(13,10(14)15)6-7-3-4-8(12)9(5-7)18-19(2,16)17;;/h3-5H,6,12-13H2,1-2H3,(H,14,15);2*1H/t11-;;/m0../s1. The van der Waals surface area contributed by atoms with Gasteiger partial charge in [0.2, 0.25) is 0 Å². The SMILES string of the molecule is C[C@](N)(Cc1ccc(N)c(OS(C)(=O)=O)c1)C(=O)O.Cl.Cl.